The second kappa shape index (κ2) is 8.56. The van der Waals surface area contributed by atoms with Gasteiger partial charge in [0.15, 0.2) is 12.4 Å². The number of para-hydroxylation sites is 1. The quantitative estimate of drug-likeness (QED) is 0.492. The number of rotatable bonds is 6. The first kappa shape index (κ1) is 20.1. The minimum Gasteiger partial charge on any atom is -0.450 e. The monoisotopic (exact) mass is 391 g/mol. The summed E-state index contributed by atoms with van der Waals surface area (Å²) in [5.41, 5.74) is 3.88. The predicted molar refractivity (Wildman–Crippen MR) is 109 cm³/mol. The van der Waals surface area contributed by atoms with E-state index in [4.69, 9.17) is 9.15 Å². The number of ether oxygens (including phenoxy) is 1. The summed E-state index contributed by atoms with van der Waals surface area (Å²) in [6.45, 7) is 4.85. The third-order valence-corrected chi connectivity index (χ3v) is 4.46. The number of esters is 1. The number of hydrogen-bond acceptors (Lipinski definition) is 5. The van der Waals surface area contributed by atoms with E-state index in [2.05, 4.69) is 5.32 Å². The van der Waals surface area contributed by atoms with E-state index in [9.17, 15) is 14.4 Å². The van der Waals surface area contributed by atoms with Gasteiger partial charge in [0.05, 0.1) is 0 Å². The molecule has 0 radical (unpaired) electrons. The molecular formula is C23H21NO5. The first-order valence-corrected chi connectivity index (χ1v) is 9.09. The SMILES string of the molecule is CC(=O)c1ccc(-c2ccc(C(=O)OCC(=O)Nc3c(C)cccc3C)o2)cc1. The number of anilines is 1. The van der Waals surface area contributed by atoms with Crippen LogP contribution in [0.15, 0.2) is 59.0 Å². The van der Waals surface area contributed by atoms with E-state index in [1.807, 2.05) is 32.0 Å². The van der Waals surface area contributed by atoms with Crippen molar-refractivity contribution in [2.45, 2.75) is 20.8 Å². The molecule has 0 saturated heterocycles. The topological polar surface area (TPSA) is 85.6 Å². The van der Waals surface area contributed by atoms with Crippen molar-refractivity contribution in [3.05, 3.63) is 77.0 Å². The highest BCUT2D eigenvalue weighted by Crippen LogP contribution is 2.23. The van der Waals surface area contributed by atoms with Gasteiger partial charge in [-0.3, -0.25) is 9.59 Å². The Balaban J connectivity index is 1.60. The molecule has 29 heavy (non-hydrogen) atoms. The molecule has 1 aromatic heterocycles. The molecule has 1 heterocycles. The standard InChI is InChI=1S/C23H21NO5/c1-14-5-4-6-15(2)22(14)24-21(26)13-28-23(27)20-12-11-19(29-20)18-9-7-17(8-10-18)16(3)25/h4-12H,13H2,1-3H3,(H,24,26). The van der Waals surface area contributed by atoms with Crippen LogP contribution in [0.2, 0.25) is 0 Å². The fourth-order valence-electron chi connectivity index (χ4n) is 2.86. The smallest absolute Gasteiger partial charge is 0.374 e. The fraction of sp³-hybridized carbons (Fsp3) is 0.174. The number of Topliss-reactive ketones (excluding diaryl/α,β-unsaturated/α-hetero) is 1. The van der Waals surface area contributed by atoms with E-state index in [1.165, 1.54) is 13.0 Å². The van der Waals surface area contributed by atoms with Crippen LogP contribution in [0.5, 0.6) is 0 Å². The summed E-state index contributed by atoms with van der Waals surface area (Å²) in [5.74, 6) is -0.724. The molecule has 1 N–H and O–H groups in total. The number of ketones is 1. The largest absolute Gasteiger partial charge is 0.450 e. The number of carbonyl (C=O) groups is 3. The molecule has 0 saturated carbocycles. The molecule has 3 rings (SSSR count). The molecule has 0 atom stereocenters. The lowest BCUT2D eigenvalue weighted by atomic mass is 10.1. The van der Waals surface area contributed by atoms with E-state index < -0.39 is 18.5 Å². The van der Waals surface area contributed by atoms with Gasteiger partial charge in [-0.2, -0.15) is 0 Å². The van der Waals surface area contributed by atoms with E-state index in [0.717, 1.165) is 16.7 Å². The minimum absolute atomic E-state index is 0.00415. The number of furan rings is 1. The molecule has 1 amide bonds. The van der Waals surface area contributed by atoms with Crippen molar-refractivity contribution in [2.24, 2.45) is 0 Å². The Morgan fingerprint density at radius 3 is 2.21 bits per heavy atom. The highest BCUT2D eigenvalue weighted by atomic mass is 16.5. The van der Waals surface area contributed by atoms with Gasteiger partial charge < -0.3 is 14.5 Å². The number of aryl methyl sites for hydroxylation is 2. The highest BCUT2D eigenvalue weighted by Gasteiger charge is 2.16. The van der Waals surface area contributed by atoms with Gasteiger partial charge in [0.2, 0.25) is 5.76 Å². The number of amides is 1. The van der Waals surface area contributed by atoms with E-state index >= 15 is 0 Å². The zero-order valence-electron chi connectivity index (χ0n) is 16.4. The van der Waals surface area contributed by atoms with E-state index in [1.54, 1.807) is 30.3 Å². The van der Waals surface area contributed by atoms with Crippen LogP contribution < -0.4 is 5.32 Å². The summed E-state index contributed by atoms with van der Waals surface area (Å²) in [6, 6.07) is 15.7. The molecule has 0 unspecified atom stereocenters. The Morgan fingerprint density at radius 1 is 0.931 bits per heavy atom. The van der Waals surface area contributed by atoms with Gasteiger partial charge in [-0.1, -0.05) is 42.5 Å². The maximum atomic E-state index is 12.2. The lowest BCUT2D eigenvalue weighted by Crippen LogP contribution is -2.21. The summed E-state index contributed by atoms with van der Waals surface area (Å²) < 4.78 is 10.6. The maximum Gasteiger partial charge on any atom is 0.374 e. The molecule has 0 fully saturated rings. The summed E-state index contributed by atoms with van der Waals surface area (Å²) >= 11 is 0. The minimum atomic E-state index is -0.728. The van der Waals surface area contributed by atoms with E-state index in [0.29, 0.717) is 17.0 Å². The van der Waals surface area contributed by atoms with Crippen molar-refractivity contribution >= 4 is 23.3 Å². The van der Waals surface area contributed by atoms with Crippen LogP contribution in [-0.4, -0.2) is 24.3 Å². The van der Waals surface area contributed by atoms with Crippen LogP contribution >= 0.6 is 0 Å². The Labute approximate surface area is 168 Å². The van der Waals surface area contributed by atoms with Gasteiger partial charge in [-0.25, -0.2) is 4.79 Å². The molecule has 2 aromatic carbocycles. The lowest BCUT2D eigenvalue weighted by molar-refractivity contribution is -0.119. The molecule has 6 heteroatoms. The van der Waals surface area contributed by atoms with Crippen LogP contribution in [0, 0.1) is 13.8 Å². The lowest BCUT2D eigenvalue weighted by Gasteiger charge is -2.11. The number of benzene rings is 2. The van der Waals surface area contributed by atoms with Gasteiger partial charge in [0, 0.05) is 16.8 Å². The van der Waals surface area contributed by atoms with Crippen molar-refractivity contribution in [1.29, 1.82) is 0 Å². The average Bonchev–Trinajstić information content (AvgIpc) is 3.19. The van der Waals surface area contributed by atoms with Crippen molar-refractivity contribution in [3.8, 4) is 11.3 Å². The second-order valence-electron chi connectivity index (χ2n) is 6.69. The first-order valence-electron chi connectivity index (χ1n) is 9.09. The molecule has 0 aliphatic carbocycles. The van der Waals surface area contributed by atoms with Gasteiger partial charge in [-0.05, 0) is 44.0 Å². The number of hydrogen-bond donors (Lipinski definition) is 1. The maximum absolute atomic E-state index is 12.2. The summed E-state index contributed by atoms with van der Waals surface area (Å²) in [6.07, 6.45) is 0. The van der Waals surface area contributed by atoms with Gasteiger partial charge in [0.1, 0.15) is 5.76 Å². The number of carbonyl (C=O) groups excluding carboxylic acids is 3. The molecule has 0 aliphatic heterocycles. The van der Waals surface area contributed by atoms with Crippen LogP contribution in [0.3, 0.4) is 0 Å². The summed E-state index contributed by atoms with van der Waals surface area (Å²) in [4.78, 5) is 35.7. The van der Waals surface area contributed by atoms with Crippen molar-refractivity contribution < 1.29 is 23.5 Å². The number of nitrogens with one attached hydrogen (secondary N) is 1. The molecule has 0 bridgehead atoms. The Kier molecular flexibility index (Phi) is 5.93. The van der Waals surface area contributed by atoms with Crippen LogP contribution in [-0.2, 0) is 9.53 Å². The highest BCUT2D eigenvalue weighted by molar-refractivity contribution is 5.96. The Hall–Kier alpha value is -3.67. The van der Waals surface area contributed by atoms with E-state index in [-0.39, 0.29) is 11.5 Å². The van der Waals surface area contributed by atoms with Gasteiger partial charge in [-0.15, -0.1) is 0 Å². The molecule has 6 nitrogen and oxygen atoms in total. The predicted octanol–water partition coefficient (Wildman–Crippen LogP) is 4.56. The Bertz CT molecular complexity index is 1040. The molecule has 148 valence electrons. The molecule has 0 spiro atoms. The van der Waals surface area contributed by atoms with Crippen LogP contribution in [0.25, 0.3) is 11.3 Å². The average molecular weight is 391 g/mol. The van der Waals surface area contributed by atoms with Crippen molar-refractivity contribution in [2.75, 3.05) is 11.9 Å². The first-order chi connectivity index (χ1) is 13.8. The molecule has 0 aliphatic rings. The second-order valence-corrected chi connectivity index (χ2v) is 6.69. The third-order valence-electron chi connectivity index (χ3n) is 4.46. The fourth-order valence-corrected chi connectivity index (χ4v) is 2.86. The van der Waals surface area contributed by atoms with Gasteiger partial charge in [0.25, 0.3) is 5.91 Å². The van der Waals surface area contributed by atoms with Crippen LogP contribution in [0.4, 0.5) is 5.69 Å². The zero-order chi connectivity index (χ0) is 21.0. The molecular weight excluding hydrogens is 370 g/mol. The van der Waals surface area contributed by atoms with Crippen LogP contribution in [0.1, 0.15) is 39.0 Å². The molecule has 3 aromatic rings. The van der Waals surface area contributed by atoms with Crippen molar-refractivity contribution in [1.82, 2.24) is 0 Å². The zero-order valence-corrected chi connectivity index (χ0v) is 16.4. The summed E-state index contributed by atoms with van der Waals surface area (Å²) in [5, 5.41) is 2.76. The van der Waals surface area contributed by atoms with Gasteiger partial charge >= 0.3 is 5.97 Å². The normalized spacial score (nSPS) is 10.4. The summed E-state index contributed by atoms with van der Waals surface area (Å²) in [7, 11) is 0. The van der Waals surface area contributed by atoms with Crippen molar-refractivity contribution in [3.63, 3.8) is 0 Å². The third kappa shape index (κ3) is 4.79. The Morgan fingerprint density at radius 2 is 1.59 bits per heavy atom.